The van der Waals surface area contributed by atoms with Crippen molar-refractivity contribution in [2.75, 3.05) is 5.32 Å². The van der Waals surface area contributed by atoms with Gasteiger partial charge in [-0.3, -0.25) is 19.0 Å². The van der Waals surface area contributed by atoms with E-state index in [9.17, 15) is 14.4 Å². The second-order valence-corrected chi connectivity index (χ2v) is 7.18. The van der Waals surface area contributed by atoms with E-state index in [0.29, 0.717) is 22.4 Å². The van der Waals surface area contributed by atoms with Crippen molar-refractivity contribution in [2.45, 2.75) is 26.4 Å². The Kier molecular flexibility index (Phi) is 5.05. The summed E-state index contributed by atoms with van der Waals surface area (Å²) < 4.78 is 6.81. The summed E-state index contributed by atoms with van der Waals surface area (Å²) >= 11 is 0. The molecule has 2 aromatic heterocycles. The molecule has 0 aliphatic heterocycles. The largest absolute Gasteiger partial charge is 0.448 e. The monoisotopic (exact) mass is 404 g/mol. The molecule has 0 saturated carbocycles. The molecule has 2 aromatic carbocycles. The lowest BCUT2D eigenvalue weighted by Gasteiger charge is -2.13. The molecule has 0 saturated heterocycles. The maximum absolute atomic E-state index is 12.8. The van der Waals surface area contributed by atoms with Gasteiger partial charge in [0, 0.05) is 11.4 Å². The molecule has 0 atom stereocenters. The predicted octanol–water partition coefficient (Wildman–Crippen LogP) is 2.92. The molecular weight excluding hydrogens is 384 g/mol. The first kappa shape index (κ1) is 19.4. The molecule has 0 fully saturated rings. The molecule has 0 spiro atoms. The lowest BCUT2D eigenvalue weighted by atomic mass is 10.1. The highest BCUT2D eigenvalue weighted by atomic mass is 16.3. The number of benzene rings is 2. The van der Waals surface area contributed by atoms with E-state index in [1.165, 1.54) is 10.9 Å². The molecule has 0 aliphatic carbocycles. The second-order valence-electron chi connectivity index (χ2n) is 7.18. The van der Waals surface area contributed by atoms with Crippen LogP contribution in [0.5, 0.6) is 0 Å². The maximum atomic E-state index is 12.8. The van der Waals surface area contributed by atoms with Gasteiger partial charge in [-0.2, -0.15) is 0 Å². The standard InChI is InChI=1S/C22H20N4O4/c1-13(2)24-21(28)14-7-3-5-9-16(14)25-18(27)11-26-12-23-19-15-8-4-6-10-17(15)30-20(19)22(26)29/h3-10,12-13H,11H2,1-2H3,(H,24,28)(H,25,27). The Hall–Kier alpha value is -3.94. The lowest BCUT2D eigenvalue weighted by Crippen LogP contribution is -2.32. The molecule has 2 heterocycles. The molecule has 30 heavy (non-hydrogen) atoms. The van der Waals surface area contributed by atoms with E-state index in [1.54, 1.807) is 30.3 Å². The van der Waals surface area contributed by atoms with Gasteiger partial charge in [-0.25, -0.2) is 4.98 Å². The minimum atomic E-state index is -0.459. The second kappa shape index (κ2) is 7.82. The van der Waals surface area contributed by atoms with E-state index in [2.05, 4.69) is 15.6 Å². The smallest absolute Gasteiger partial charge is 0.297 e. The topological polar surface area (TPSA) is 106 Å². The van der Waals surface area contributed by atoms with Crippen LogP contribution in [0.25, 0.3) is 22.1 Å². The van der Waals surface area contributed by atoms with Crippen molar-refractivity contribution in [2.24, 2.45) is 0 Å². The zero-order valence-corrected chi connectivity index (χ0v) is 16.5. The summed E-state index contributed by atoms with van der Waals surface area (Å²) in [5, 5.41) is 6.24. The summed E-state index contributed by atoms with van der Waals surface area (Å²) in [6, 6.07) is 13.9. The van der Waals surface area contributed by atoms with Crippen LogP contribution < -0.4 is 16.2 Å². The number of nitrogens with one attached hydrogen (secondary N) is 2. The van der Waals surface area contributed by atoms with E-state index < -0.39 is 11.5 Å². The number of nitrogens with zero attached hydrogens (tertiary/aromatic N) is 2. The van der Waals surface area contributed by atoms with Gasteiger partial charge in [0.1, 0.15) is 17.6 Å². The van der Waals surface area contributed by atoms with E-state index in [4.69, 9.17) is 4.42 Å². The highest BCUT2D eigenvalue weighted by Gasteiger charge is 2.17. The fraction of sp³-hybridized carbons (Fsp3) is 0.182. The lowest BCUT2D eigenvalue weighted by molar-refractivity contribution is -0.116. The molecule has 4 aromatic rings. The fourth-order valence-electron chi connectivity index (χ4n) is 3.20. The summed E-state index contributed by atoms with van der Waals surface area (Å²) in [6.45, 7) is 3.44. The van der Waals surface area contributed by atoms with Crippen molar-refractivity contribution in [3.8, 4) is 0 Å². The molecular formula is C22H20N4O4. The predicted molar refractivity (Wildman–Crippen MR) is 113 cm³/mol. The molecule has 0 aliphatic rings. The average molecular weight is 404 g/mol. The third-order valence-electron chi connectivity index (χ3n) is 4.53. The highest BCUT2D eigenvalue weighted by molar-refractivity contribution is 6.04. The van der Waals surface area contributed by atoms with E-state index in [1.807, 2.05) is 32.0 Å². The number of fused-ring (bicyclic) bond motifs is 3. The Morgan fingerprint density at radius 2 is 1.83 bits per heavy atom. The number of para-hydroxylation sites is 2. The van der Waals surface area contributed by atoms with Crippen LogP contribution >= 0.6 is 0 Å². The quantitative estimate of drug-likeness (QED) is 0.532. The average Bonchev–Trinajstić information content (AvgIpc) is 3.09. The Bertz CT molecular complexity index is 1320. The third kappa shape index (κ3) is 3.67. The van der Waals surface area contributed by atoms with E-state index in [-0.39, 0.29) is 24.1 Å². The Morgan fingerprint density at radius 1 is 1.10 bits per heavy atom. The first-order chi connectivity index (χ1) is 14.4. The number of hydrogen-bond donors (Lipinski definition) is 2. The number of rotatable bonds is 5. The van der Waals surface area contributed by atoms with Crippen LogP contribution in [0.2, 0.25) is 0 Å². The normalized spacial score (nSPS) is 11.2. The van der Waals surface area contributed by atoms with Crippen LogP contribution in [-0.2, 0) is 11.3 Å². The minimum absolute atomic E-state index is 0.0403. The summed E-state index contributed by atoms with van der Waals surface area (Å²) in [6.07, 6.45) is 1.32. The first-order valence-corrected chi connectivity index (χ1v) is 9.50. The summed E-state index contributed by atoms with van der Waals surface area (Å²) in [4.78, 5) is 42.0. The van der Waals surface area contributed by atoms with Crippen molar-refractivity contribution in [3.05, 3.63) is 70.8 Å². The van der Waals surface area contributed by atoms with Gasteiger partial charge >= 0.3 is 0 Å². The van der Waals surface area contributed by atoms with Crippen LogP contribution in [0.4, 0.5) is 5.69 Å². The summed E-state index contributed by atoms with van der Waals surface area (Å²) in [5.41, 5.74) is 1.39. The third-order valence-corrected chi connectivity index (χ3v) is 4.53. The molecule has 0 radical (unpaired) electrons. The Balaban J connectivity index is 1.59. The van der Waals surface area contributed by atoms with Crippen molar-refractivity contribution >= 4 is 39.6 Å². The van der Waals surface area contributed by atoms with Crippen LogP contribution in [0, 0.1) is 0 Å². The van der Waals surface area contributed by atoms with Gasteiger partial charge in [0.15, 0.2) is 0 Å². The molecule has 8 nitrogen and oxygen atoms in total. The number of carbonyl (C=O) groups is 2. The van der Waals surface area contributed by atoms with Crippen molar-refractivity contribution in [3.63, 3.8) is 0 Å². The van der Waals surface area contributed by atoms with Gasteiger partial charge in [0.2, 0.25) is 11.5 Å². The first-order valence-electron chi connectivity index (χ1n) is 9.50. The minimum Gasteiger partial charge on any atom is -0.448 e. The van der Waals surface area contributed by atoms with Gasteiger partial charge in [-0.15, -0.1) is 0 Å². The molecule has 0 unspecified atom stereocenters. The molecule has 2 amide bonds. The van der Waals surface area contributed by atoms with Crippen LogP contribution in [0.15, 0.2) is 64.1 Å². The van der Waals surface area contributed by atoms with Gasteiger partial charge in [0.25, 0.3) is 11.5 Å². The molecule has 2 N–H and O–H groups in total. The van der Waals surface area contributed by atoms with Crippen molar-refractivity contribution < 1.29 is 14.0 Å². The molecule has 152 valence electrons. The number of anilines is 1. The fourth-order valence-corrected chi connectivity index (χ4v) is 3.20. The van der Waals surface area contributed by atoms with E-state index >= 15 is 0 Å². The molecule has 4 rings (SSSR count). The maximum Gasteiger partial charge on any atom is 0.297 e. The van der Waals surface area contributed by atoms with Gasteiger partial charge in [-0.1, -0.05) is 24.3 Å². The van der Waals surface area contributed by atoms with Gasteiger partial charge in [0.05, 0.1) is 17.6 Å². The van der Waals surface area contributed by atoms with Crippen molar-refractivity contribution in [1.29, 1.82) is 0 Å². The van der Waals surface area contributed by atoms with Crippen LogP contribution in [0.1, 0.15) is 24.2 Å². The van der Waals surface area contributed by atoms with Crippen molar-refractivity contribution in [1.82, 2.24) is 14.9 Å². The number of hydrogen-bond acceptors (Lipinski definition) is 5. The molecule has 0 bridgehead atoms. The van der Waals surface area contributed by atoms with Crippen LogP contribution in [0.3, 0.4) is 0 Å². The number of amides is 2. The Morgan fingerprint density at radius 3 is 2.63 bits per heavy atom. The number of aromatic nitrogens is 2. The highest BCUT2D eigenvalue weighted by Crippen LogP contribution is 2.24. The zero-order chi connectivity index (χ0) is 21.3. The summed E-state index contributed by atoms with van der Waals surface area (Å²) in [5.74, 6) is -0.748. The van der Waals surface area contributed by atoms with Gasteiger partial charge in [-0.05, 0) is 38.1 Å². The molecule has 8 heteroatoms. The zero-order valence-electron chi connectivity index (χ0n) is 16.5. The van der Waals surface area contributed by atoms with Crippen LogP contribution in [-0.4, -0.2) is 27.4 Å². The SMILES string of the molecule is CC(C)NC(=O)c1ccccc1NC(=O)Cn1cnc2c(oc3ccccc32)c1=O. The number of carbonyl (C=O) groups excluding carboxylic acids is 2. The number of furan rings is 1. The van der Waals surface area contributed by atoms with Gasteiger partial charge < -0.3 is 15.1 Å². The summed E-state index contributed by atoms with van der Waals surface area (Å²) in [7, 11) is 0. The van der Waals surface area contributed by atoms with E-state index in [0.717, 1.165) is 5.39 Å². The Labute approximate surface area is 171 Å².